The maximum atomic E-state index is 13.0. The van der Waals surface area contributed by atoms with Crippen LogP contribution in [0.2, 0.25) is 0 Å². The lowest BCUT2D eigenvalue weighted by molar-refractivity contribution is 0.0906. The van der Waals surface area contributed by atoms with E-state index in [1.165, 1.54) is 0 Å². The lowest BCUT2D eigenvalue weighted by Crippen LogP contribution is -2.48. The highest BCUT2D eigenvalue weighted by Gasteiger charge is 2.22. The minimum absolute atomic E-state index is 0.124. The topological polar surface area (TPSA) is 68.4 Å². The molecule has 1 fully saturated rings. The number of carbonyl (C=O) groups excluding carboxylic acids is 1. The number of pyridine rings is 1. The van der Waals surface area contributed by atoms with Gasteiger partial charge in [-0.2, -0.15) is 0 Å². The average molecular weight is 417 g/mol. The zero-order valence-corrected chi connectivity index (χ0v) is 17.8. The number of carbonyl (C=O) groups is 1. The predicted octanol–water partition coefficient (Wildman–Crippen LogP) is 2.76. The van der Waals surface area contributed by atoms with Crippen molar-refractivity contribution in [2.24, 2.45) is 0 Å². The van der Waals surface area contributed by atoms with Gasteiger partial charge in [0.1, 0.15) is 5.56 Å². The predicted molar refractivity (Wildman–Crippen MR) is 123 cm³/mol. The molecule has 31 heavy (non-hydrogen) atoms. The molecular formula is C25H28N4O2. The summed E-state index contributed by atoms with van der Waals surface area (Å²) in [4.78, 5) is 33.2. The molecule has 6 heteroatoms. The molecule has 6 nitrogen and oxygen atoms in total. The summed E-state index contributed by atoms with van der Waals surface area (Å²) in [7, 11) is 2.12. The van der Waals surface area contributed by atoms with Gasteiger partial charge < -0.3 is 15.2 Å². The quantitative estimate of drug-likeness (QED) is 0.648. The molecule has 3 aromatic rings. The van der Waals surface area contributed by atoms with E-state index in [2.05, 4.69) is 27.1 Å². The van der Waals surface area contributed by atoms with Crippen LogP contribution in [0.3, 0.4) is 0 Å². The summed E-state index contributed by atoms with van der Waals surface area (Å²) in [5.74, 6) is -0.358. The summed E-state index contributed by atoms with van der Waals surface area (Å²) < 4.78 is 0. The second kappa shape index (κ2) is 9.73. The smallest absolute Gasteiger partial charge is 0.261 e. The number of aromatic amines is 1. The van der Waals surface area contributed by atoms with Crippen LogP contribution in [0.15, 0.2) is 77.6 Å². The largest absolute Gasteiger partial charge is 0.344 e. The van der Waals surface area contributed by atoms with Crippen LogP contribution in [0.25, 0.3) is 11.3 Å². The van der Waals surface area contributed by atoms with Crippen LogP contribution in [0.1, 0.15) is 22.0 Å². The summed E-state index contributed by atoms with van der Waals surface area (Å²) >= 11 is 0. The zero-order chi connectivity index (χ0) is 21.6. The van der Waals surface area contributed by atoms with Crippen LogP contribution >= 0.6 is 0 Å². The van der Waals surface area contributed by atoms with E-state index in [9.17, 15) is 9.59 Å². The number of nitrogens with one attached hydrogen (secondary N) is 2. The number of benzene rings is 2. The SMILES string of the molecule is CN1CCN(CC(NC(=O)c2ccc(-c3ccccc3)[nH]c2=O)c2ccccc2)CC1. The highest BCUT2D eigenvalue weighted by atomic mass is 16.2. The van der Waals surface area contributed by atoms with E-state index in [0.29, 0.717) is 12.2 Å². The standard InChI is InChI=1S/C25H28N4O2/c1-28-14-16-29(17-15-28)18-23(20-10-6-3-7-11-20)27-25(31)21-12-13-22(26-24(21)30)19-8-4-2-5-9-19/h2-13,23H,14-18H2,1H3,(H,26,30)(H,27,31). The Kier molecular flexibility index (Phi) is 6.60. The summed E-state index contributed by atoms with van der Waals surface area (Å²) in [5, 5.41) is 3.09. The molecule has 2 N–H and O–H groups in total. The first-order chi connectivity index (χ1) is 15.1. The van der Waals surface area contributed by atoms with Gasteiger partial charge in [-0.1, -0.05) is 60.7 Å². The first-order valence-corrected chi connectivity index (χ1v) is 10.7. The van der Waals surface area contributed by atoms with Crippen molar-refractivity contribution < 1.29 is 4.79 Å². The Hall–Kier alpha value is -3.22. The van der Waals surface area contributed by atoms with Crippen LogP contribution < -0.4 is 10.9 Å². The van der Waals surface area contributed by atoms with Crippen LogP contribution in [-0.4, -0.2) is 60.5 Å². The van der Waals surface area contributed by atoms with Gasteiger partial charge in [0.25, 0.3) is 11.5 Å². The van der Waals surface area contributed by atoms with Crippen molar-refractivity contribution in [3.63, 3.8) is 0 Å². The van der Waals surface area contributed by atoms with Gasteiger partial charge in [-0.25, -0.2) is 0 Å². The van der Waals surface area contributed by atoms with Gasteiger partial charge in [0, 0.05) is 38.4 Å². The lowest BCUT2D eigenvalue weighted by atomic mass is 10.0. The molecule has 1 amide bonds. The third-order valence-corrected chi connectivity index (χ3v) is 5.78. The molecule has 4 rings (SSSR count). The van der Waals surface area contributed by atoms with E-state index in [0.717, 1.165) is 37.3 Å². The number of likely N-dealkylation sites (N-methyl/N-ethyl adjacent to an activating group) is 1. The van der Waals surface area contributed by atoms with Gasteiger partial charge in [-0.3, -0.25) is 14.5 Å². The zero-order valence-electron chi connectivity index (χ0n) is 17.8. The normalized spacial score (nSPS) is 16.0. The molecule has 160 valence electrons. The van der Waals surface area contributed by atoms with Crippen molar-refractivity contribution in [1.29, 1.82) is 0 Å². The highest BCUT2D eigenvalue weighted by Crippen LogP contribution is 2.17. The molecule has 1 unspecified atom stereocenters. The Labute approximate surface area is 182 Å². The molecule has 1 aliphatic heterocycles. The minimum Gasteiger partial charge on any atom is -0.344 e. The summed E-state index contributed by atoms with van der Waals surface area (Å²) in [5.41, 5.74) is 2.37. The Bertz CT molecular complexity index is 1060. The van der Waals surface area contributed by atoms with E-state index in [1.54, 1.807) is 12.1 Å². The molecule has 0 bridgehead atoms. The monoisotopic (exact) mass is 416 g/mol. The maximum Gasteiger partial charge on any atom is 0.261 e. The molecule has 1 aliphatic rings. The van der Waals surface area contributed by atoms with Crippen molar-refractivity contribution in [1.82, 2.24) is 20.1 Å². The second-order valence-electron chi connectivity index (χ2n) is 8.02. The fourth-order valence-corrected chi connectivity index (χ4v) is 3.88. The van der Waals surface area contributed by atoms with Crippen LogP contribution in [-0.2, 0) is 0 Å². The minimum atomic E-state index is -0.384. The van der Waals surface area contributed by atoms with Crippen molar-refractivity contribution in [3.8, 4) is 11.3 Å². The summed E-state index contributed by atoms with van der Waals surface area (Å²) in [6.45, 7) is 4.65. The fraction of sp³-hybridized carbons (Fsp3) is 0.280. The third-order valence-electron chi connectivity index (χ3n) is 5.78. The van der Waals surface area contributed by atoms with Gasteiger partial charge >= 0.3 is 0 Å². The molecule has 2 heterocycles. The van der Waals surface area contributed by atoms with Gasteiger partial charge in [0.2, 0.25) is 0 Å². The van der Waals surface area contributed by atoms with Crippen molar-refractivity contribution in [3.05, 3.63) is 94.3 Å². The first kappa shape index (κ1) is 21.0. The van der Waals surface area contributed by atoms with Gasteiger partial charge in [-0.15, -0.1) is 0 Å². The van der Waals surface area contributed by atoms with Crippen molar-refractivity contribution in [2.45, 2.75) is 6.04 Å². The molecule has 1 saturated heterocycles. The molecule has 0 saturated carbocycles. The van der Waals surface area contributed by atoms with Gasteiger partial charge in [0.15, 0.2) is 0 Å². The number of hydrogen-bond acceptors (Lipinski definition) is 4. The van der Waals surface area contributed by atoms with E-state index < -0.39 is 0 Å². The average Bonchev–Trinajstić information content (AvgIpc) is 2.81. The number of rotatable bonds is 6. The van der Waals surface area contributed by atoms with Gasteiger partial charge in [0.05, 0.1) is 6.04 Å². The number of amides is 1. The Balaban J connectivity index is 1.52. The highest BCUT2D eigenvalue weighted by molar-refractivity contribution is 5.94. The lowest BCUT2D eigenvalue weighted by Gasteiger charge is -2.35. The van der Waals surface area contributed by atoms with E-state index in [-0.39, 0.29) is 23.1 Å². The van der Waals surface area contributed by atoms with Crippen molar-refractivity contribution in [2.75, 3.05) is 39.8 Å². The Morgan fingerprint density at radius 2 is 1.58 bits per heavy atom. The molecule has 1 aromatic heterocycles. The molecular weight excluding hydrogens is 388 g/mol. The molecule has 0 aliphatic carbocycles. The number of nitrogens with zero attached hydrogens (tertiary/aromatic N) is 2. The van der Waals surface area contributed by atoms with E-state index >= 15 is 0 Å². The summed E-state index contributed by atoms with van der Waals surface area (Å²) in [6, 6.07) is 22.7. The fourth-order valence-electron chi connectivity index (χ4n) is 3.88. The number of piperazine rings is 1. The van der Waals surface area contributed by atoms with Crippen molar-refractivity contribution >= 4 is 5.91 Å². The Morgan fingerprint density at radius 3 is 2.23 bits per heavy atom. The first-order valence-electron chi connectivity index (χ1n) is 10.7. The maximum absolute atomic E-state index is 13.0. The molecule has 0 spiro atoms. The van der Waals surface area contributed by atoms with E-state index in [1.807, 2.05) is 60.7 Å². The van der Waals surface area contributed by atoms with E-state index in [4.69, 9.17) is 0 Å². The van der Waals surface area contributed by atoms with Gasteiger partial charge in [-0.05, 0) is 30.3 Å². The molecule has 2 aromatic carbocycles. The van der Waals surface area contributed by atoms with Crippen LogP contribution in [0.5, 0.6) is 0 Å². The Morgan fingerprint density at radius 1 is 0.935 bits per heavy atom. The number of hydrogen-bond donors (Lipinski definition) is 2. The number of aromatic nitrogens is 1. The number of H-pyrrole nitrogens is 1. The second-order valence-corrected chi connectivity index (χ2v) is 8.02. The molecule has 1 atom stereocenters. The van der Waals surface area contributed by atoms with Crippen LogP contribution in [0, 0.1) is 0 Å². The molecule has 0 radical (unpaired) electrons. The summed E-state index contributed by atoms with van der Waals surface area (Å²) in [6.07, 6.45) is 0. The van der Waals surface area contributed by atoms with Crippen LogP contribution in [0.4, 0.5) is 0 Å². The third kappa shape index (κ3) is 5.29.